The van der Waals surface area contributed by atoms with E-state index in [0.717, 1.165) is 0 Å². The molecule has 0 aliphatic carbocycles. The third-order valence-electron chi connectivity index (χ3n) is 11.0. The first-order valence-corrected chi connectivity index (χ1v) is 45.8. The molecule has 0 amide bonds. The van der Waals surface area contributed by atoms with Gasteiger partial charge in [0.1, 0.15) is 11.2 Å². The molecule has 0 aliphatic heterocycles. The van der Waals surface area contributed by atoms with Gasteiger partial charge >= 0.3 is 148 Å². The number of nitrogens with zero attached hydrogens (tertiary/aromatic N) is 1. The third kappa shape index (κ3) is 27.8. The smallest absolute Gasteiger partial charge is 0.369 e. The van der Waals surface area contributed by atoms with Crippen molar-refractivity contribution in [1.82, 2.24) is 4.90 Å². The van der Waals surface area contributed by atoms with E-state index < -0.39 is 251 Å². The van der Waals surface area contributed by atoms with E-state index in [1.54, 1.807) is 0 Å². The van der Waals surface area contributed by atoms with Crippen LogP contribution in [0.15, 0.2) is 12.1 Å². The molecule has 1 aromatic carbocycles. The Kier molecular flexibility index (Phi) is 34.8. The number of hydrogen-bond acceptors (Lipinski definition) is 28. The van der Waals surface area contributed by atoms with Gasteiger partial charge in [0, 0.05) is 6.42 Å². The maximum absolute atomic E-state index is 13.6. The monoisotopic (exact) mass is 1750 g/mol. The quantitative estimate of drug-likeness (QED) is 0.0225. The summed E-state index contributed by atoms with van der Waals surface area (Å²) in [6.07, 6.45) is -6.89. The fourth-order valence-corrected chi connectivity index (χ4v) is 28.1. The van der Waals surface area contributed by atoms with Crippen LogP contribution >= 0.6 is 106 Å². The van der Waals surface area contributed by atoms with E-state index in [4.69, 9.17) is 80.0 Å². The first-order chi connectivity index (χ1) is 43.2. The Morgan fingerprint density at radius 1 is 0.440 bits per heavy atom. The van der Waals surface area contributed by atoms with Crippen molar-refractivity contribution in [2.24, 2.45) is 5.92 Å². The lowest BCUT2D eigenvalue weighted by Gasteiger charge is -2.43. The van der Waals surface area contributed by atoms with Gasteiger partial charge in [-0.25, -0.2) is 18.3 Å². The van der Waals surface area contributed by atoms with Crippen LogP contribution in [0.4, 0.5) is 0 Å². The van der Waals surface area contributed by atoms with Crippen molar-refractivity contribution in [3.63, 3.8) is 0 Å². The first-order valence-electron chi connectivity index (χ1n) is 22.8. The van der Waals surface area contributed by atoms with E-state index in [2.05, 4.69) is 8.62 Å². The maximum atomic E-state index is 13.6. The summed E-state index contributed by atoms with van der Waals surface area (Å²) in [7, 11) is -92.9. The van der Waals surface area contributed by atoms with Gasteiger partial charge in [0.2, 0.25) is 16.6 Å². The zero-order valence-electron chi connectivity index (χ0n) is 47.3. The van der Waals surface area contributed by atoms with Crippen molar-refractivity contribution in [3.8, 4) is 11.5 Å². The van der Waals surface area contributed by atoms with Crippen molar-refractivity contribution < 1.29 is 280 Å². The number of carboxylic acids is 7. The summed E-state index contributed by atoms with van der Waals surface area (Å²) in [4.78, 5) is 299. The van der Waals surface area contributed by atoms with Gasteiger partial charge in [-0.15, -0.1) is 0 Å². The Bertz CT molecular complexity index is 3900. The van der Waals surface area contributed by atoms with Crippen LogP contribution in [0.3, 0.4) is 0 Å². The molecule has 59 nitrogen and oxygen atoms in total. The van der Waals surface area contributed by atoms with Crippen LogP contribution < -0.4 is 10.6 Å². The predicted octanol–water partition coefficient (Wildman–Crippen LogP) is -6.41. The Morgan fingerprint density at radius 2 is 0.800 bits per heavy atom. The number of aromatic hydroxyl groups is 2. The molecule has 0 aromatic heterocycles. The molecule has 100 heavy (non-hydrogen) atoms. The van der Waals surface area contributed by atoms with Gasteiger partial charge < -0.3 is 174 Å². The van der Waals surface area contributed by atoms with Gasteiger partial charge in [0.25, 0.3) is 10.4 Å². The highest BCUT2D eigenvalue weighted by Crippen LogP contribution is 2.81. The lowest BCUT2D eigenvalue weighted by Crippen LogP contribution is -2.49. The third-order valence-corrected chi connectivity index (χ3v) is 37.7. The molecule has 0 heterocycles. The molecule has 0 aliphatic rings. The van der Waals surface area contributed by atoms with Gasteiger partial charge in [-0.2, -0.15) is 0 Å². The molecule has 586 valence electrons. The molecule has 35 N–H and O–H groups in total. The molecule has 0 spiro atoms. The van der Waals surface area contributed by atoms with Crippen molar-refractivity contribution in [1.29, 1.82) is 0 Å². The lowest BCUT2D eigenvalue weighted by atomic mass is 9.98. The Hall–Kier alpha value is -2.83. The van der Waals surface area contributed by atoms with Crippen molar-refractivity contribution >= 4 is 159 Å². The number of carboxylic acid groups (broad SMARTS) is 7. The second-order valence-corrected chi connectivity index (χ2v) is 46.2. The van der Waals surface area contributed by atoms with Crippen LogP contribution in [0.5, 0.6) is 11.5 Å². The average molecular weight is 1760 g/mol. The topological polar surface area (TPSA) is 1090 Å². The minimum atomic E-state index is -7.80. The summed E-state index contributed by atoms with van der Waals surface area (Å²) in [5.74, 6) is -20.7. The molecule has 0 radical (unpaired) electrons. The molecule has 10 atom stereocenters. The number of benzene rings is 1. The summed E-state index contributed by atoms with van der Waals surface area (Å²) in [6, 6.07) is -0.323. The highest BCUT2D eigenvalue weighted by atomic mass is 31.3. The van der Waals surface area contributed by atoms with Crippen LogP contribution in [-0.4, -0.2) is 258 Å². The van der Waals surface area contributed by atoms with Crippen molar-refractivity contribution in [3.05, 3.63) is 12.1 Å². The molecule has 0 saturated heterocycles. The van der Waals surface area contributed by atoms with Crippen LogP contribution in [0.1, 0.15) is 39.0 Å². The fourth-order valence-electron chi connectivity index (χ4n) is 6.46. The minimum Gasteiger partial charge on any atom is -0.504 e. The summed E-state index contributed by atoms with van der Waals surface area (Å²) in [5.41, 5.74) is -15.1. The normalized spacial score (nSPS) is 18.1. The fraction of sp³-hybridized carbons (Fsp3) is 0.519. The standard InChI is InChI=1S/C12H27NO32P10.C7H11O9P.C6H9O10P.C2H8O7P2/c14-5-1-4(46(18,19)20)2-6(9(5)17)52(36,37)44-54(40,41)11(50(30,31)32)13(10(48(24,25)26)49(27,28)29)12(51(33,34)35)55(42,43)45-53(38,39)8(3-7(15)16)47(21,22)23;8-4(9)1-2-7(6(12)13,3-5(10)11)17(14,15)16;7-3(8)1-2(4(9)10)6(13,5(11)12)17(14,15)16;1-2(3,10(4,5)6)11(7,8)9/h1-2,8,10-12,14,17H,3H2,(H,15,16)(H,36,37)(H,38,39)(H,40,41)(H,42,43)(H2,18,19,20)(H2,21,22,23)(H2,24,25,26)(H2,27,28,29)(H2,30,31,32)(H2,33,34,35);1-3H2,(H,8,9)(H,10,11)(H,12,13)(H2,14,15,16);2,13H,1H2,(H,7,8)(H,9,10)(H,11,12)(H2,14,15,16);3H,1H3,(H2,4,5,6)(H2,7,8,9). The summed E-state index contributed by atoms with van der Waals surface area (Å²) < 4.78 is 176. The van der Waals surface area contributed by atoms with Gasteiger partial charge in [-0.1, -0.05) is 0 Å². The number of aliphatic carboxylic acids is 7. The Labute approximate surface area is 548 Å². The van der Waals surface area contributed by atoms with E-state index in [-0.39, 0.29) is 12.1 Å². The van der Waals surface area contributed by atoms with Crippen LogP contribution in [0.2, 0.25) is 0 Å². The zero-order valence-corrected chi connectivity index (χ0v) is 59.8. The summed E-state index contributed by atoms with van der Waals surface area (Å²) in [6.45, 7) is 0.383. The van der Waals surface area contributed by atoms with E-state index in [0.29, 0.717) is 6.92 Å². The van der Waals surface area contributed by atoms with Gasteiger partial charge in [-0.3, -0.25) is 92.7 Å². The van der Waals surface area contributed by atoms with Crippen LogP contribution in [0.25, 0.3) is 0 Å². The molecule has 1 rings (SSSR count). The summed E-state index contributed by atoms with van der Waals surface area (Å²) >= 11 is 0. The SMILES string of the molecule is CC(O)(P(=O)(O)O)P(=O)(O)O.O=C(O)CC(C(=O)O)C(O)(C(=O)O)P(=O)(O)O.O=C(O)CC(P(=O)(O)O)P(=O)(O)OP(=O)(O)C(N(C(P(=O)(O)O)P(=O)(O)O)C(P(=O)(O)O)P(=O)(O)OP(=O)(O)c1cc(P(=O)(O)O)cc(O)c1O)P(=O)(O)O.O=C(O)CCC(CC(=O)O)(C(=O)O)P(=O)(O)O. The Balaban J connectivity index is -0.00000167. The number of phenolic OH excluding ortho intramolecular Hbond substituents is 2. The van der Waals surface area contributed by atoms with Gasteiger partial charge in [0.05, 0.1) is 24.6 Å². The summed E-state index contributed by atoms with van der Waals surface area (Å²) in [5, 5.41) is 79.9. The van der Waals surface area contributed by atoms with Gasteiger partial charge in [-0.05, 0) is 25.5 Å². The highest BCUT2D eigenvalue weighted by Gasteiger charge is 2.70. The number of carbonyl (C=O) groups is 7. The number of rotatable bonds is 34. The molecular weight excluding hydrogens is 1700 g/mol. The van der Waals surface area contributed by atoms with Crippen LogP contribution in [-0.2, 0) is 106 Å². The first kappa shape index (κ1) is 101. The maximum Gasteiger partial charge on any atom is 0.369 e. The number of hydrogen-bond donors (Lipinski definition) is 35. The Morgan fingerprint density at radius 3 is 1.04 bits per heavy atom. The van der Waals surface area contributed by atoms with E-state index >= 15 is 0 Å². The van der Waals surface area contributed by atoms with Crippen molar-refractivity contribution in [2.75, 3.05) is 0 Å². The molecule has 10 unspecified atom stereocenters. The molecular formula is C27H55NO58P14. The van der Waals surface area contributed by atoms with Crippen LogP contribution in [0, 0.1) is 5.92 Å². The molecule has 0 fully saturated rings. The van der Waals surface area contributed by atoms with E-state index in [1.165, 1.54) is 0 Å². The lowest BCUT2D eigenvalue weighted by molar-refractivity contribution is -0.168. The van der Waals surface area contributed by atoms with Crippen molar-refractivity contribution in [2.45, 2.75) is 76.6 Å². The second-order valence-electron chi connectivity index (χ2n) is 18.7. The highest BCUT2D eigenvalue weighted by molar-refractivity contribution is 7.80. The molecule has 1 aromatic rings. The second kappa shape index (κ2) is 34.4. The molecule has 0 bridgehead atoms. The van der Waals surface area contributed by atoms with Gasteiger partial charge in [0.15, 0.2) is 22.1 Å². The molecule has 0 saturated carbocycles. The number of aliphatic hydroxyl groups is 2. The van der Waals surface area contributed by atoms with E-state index in [1.807, 2.05) is 0 Å². The minimum absolute atomic E-state index is 0.0141. The van der Waals surface area contributed by atoms with E-state index in [9.17, 15) is 191 Å². The predicted molar refractivity (Wildman–Crippen MR) is 306 cm³/mol. The largest absolute Gasteiger partial charge is 0.504 e. The average Bonchev–Trinajstić information content (AvgIpc) is 0.718. The zero-order chi connectivity index (χ0) is 81.7. The molecule has 73 heteroatoms. The number of phenols is 2.